The van der Waals surface area contributed by atoms with Gasteiger partial charge in [0.2, 0.25) is 0 Å². The van der Waals surface area contributed by atoms with Crippen LogP contribution in [-0.2, 0) is 9.53 Å². The molecule has 0 radical (unpaired) electrons. The standard InChI is InChI=1S/C24H40NO2.ClH/c1-3-5-6-7-8-9-10-11-12-13-14-15-17-20-23(27-24(26)4-2)25-21-18-16-19-22-25;/h4,16,18-19,21-23H,2-3,5-15,17,20H2,1H3;1H/q+1;/p-1. The van der Waals surface area contributed by atoms with E-state index in [4.69, 9.17) is 4.74 Å². The molecule has 1 aromatic rings. The molecule has 1 rings (SSSR count). The highest BCUT2D eigenvalue weighted by Gasteiger charge is 2.20. The molecule has 0 aliphatic rings. The van der Waals surface area contributed by atoms with Gasteiger partial charge in [-0.05, 0) is 6.42 Å². The average Bonchev–Trinajstić information content (AvgIpc) is 2.71. The Kier molecular flexibility index (Phi) is 18.1. The number of nitrogens with zero attached hydrogens (tertiary/aromatic N) is 1. The maximum Gasteiger partial charge on any atom is 0.335 e. The zero-order valence-corrected chi connectivity index (χ0v) is 18.5. The Balaban J connectivity index is 0.00000729. The van der Waals surface area contributed by atoms with Gasteiger partial charge in [0.25, 0.3) is 0 Å². The Morgan fingerprint density at radius 1 is 0.857 bits per heavy atom. The number of hydrogen-bond acceptors (Lipinski definition) is 2. The van der Waals surface area contributed by atoms with Gasteiger partial charge in [-0.1, -0.05) is 96.6 Å². The number of carbonyl (C=O) groups excluding carboxylic acids is 1. The van der Waals surface area contributed by atoms with Crippen molar-refractivity contribution in [2.45, 2.75) is 103 Å². The van der Waals surface area contributed by atoms with E-state index in [0.717, 1.165) is 12.8 Å². The summed E-state index contributed by atoms with van der Waals surface area (Å²) in [5, 5.41) is 0. The molecule has 0 aliphatic carbocycles. The van der Waals surface area contributed by atoms with Gasteiger partial charge in [0.15, 0.2) is 12.4 Å². The molecule has 0 aliphatic heterocycles. The van der Waals surface area contributed by atoms with Crippen molar-refractivity contribution < 1.29 is 26.5 Å². The summed E-state index contributed by atoms with van der Waals surface area (Å²) in [7, 11) is 0. The number of pyridine rings is 1. The molecule has 28 heavy (non-hydrogen) atoms. The monoisotopic (exact) mass is 409 g/mol. The lowest BCUT2D eigenvalue weighted by Crippen LogP contribution is -3.00. The Labute approximate surface area is 179 Å². The minimum Gasteiger partial charge on any atom is -1.00 e. The molecule has 0 spiro atoms. The Hall–Kier alpha value is -1.35. The first kappa shape index (κ1) is 26.6. The average molecular weight is 410 g/mol. The topological polar surface area (TPSA) is 30.2 Å². The van der Waals surface area contributed by atoms with E-state index in [0.29, 0.717) is 0 Å². The summed E-state index contributed by atoms with van der Waals surface area (Å²) in [5.41, 5.74) is 0. The third kappa shape index (κ3) is 13.8. The highest BCUT2D eigenvalue weighted by molar-refractivity contribution is 5.81. The van der Waals surface area contributed by atoms with Crippen LogP contribution in [0, 0.1) is 0 Å². The second-order valence-corrected chi connectivity index (χ2v) is 7.45. The highest BCUT2D eigenvalue weighted by atomic mass is 35.5. The largest absolute Gasteiger partial charge is 1.00 e. The maximum absolute atomic E-state index is 11.6. The van der Waals surface area contributed by atoms with Gasteiger partial charge >= 0.3 is 12.2 Å². The zero-order valence-electron chi connectivity index (χ0n) is 17.8. The molecule has 0 fully saturated rings. The lowest BCUT2D eigenvalue weighted by Gasteiger charge is -2.12. The first-order chi connectivity index (χ1) is 13.3. The van der Waals surface area contributed by atoms with Crippen LogP contribution in [-0.4, -0.2) is 5.97 Å². The van der Waals surface area contributed by atoms with E-state index in [1.54, 1.807) is 0 Å². The van der Waals surface area contributed by atoms with Crippen molar-refractivity contribution in [2.24, 2.45) is 0 Å². The van der Waals surface area contributed by atoms with Crippen molar-refractivity contribution in [2.75, 3.05) is 0 Å². The van der Waals surface area contributed by atoms with E-state index in [1.165, 1.54) is 83.1 Å². The smallest absolute Gasteiger partial charge is 0.335 e. The van der Waals surface area contributed by atoms with Gasteiger partial charge in [0, 0.05) is 24.6 Å². The molecule has 0 bridgehead atoms. The normalized spacial score (nSPS) is 11.5. The fourth-order valence-electron chi connectivity index (χ4n) is 3.39. The first-order valence-electron chi connectivity index (χ1n) is 11.1. The van der Waals surface area contributed by atoms with E-state index in [9.17, 15) is 4.79 Å². The number of unbranched alkanes of at least 4 members (excludes halogenated alkanes) is 12. The van der Waals surface area contributed by atoms with Crippen LogP contribution < -0.4 is 17.0 Å². The predicted octanol–water partition coefficient (Wildman–Crippen LogP) is 3.69. The van der Waals surface area contributed by atoms with Crippen LogP contribution in [0.25, 0.3) is 0 Å². The number of ether oxygens (including phenoxy) is 1. The molecular weight excluding hydrogens is 370 g/mol. The minimum absolute atomic E-state index is 0. The molecule has 1 heterocycles. The number of carbonyl (C=O) groups is 1. The summed E-state index contributed by atoms with van der Waals surface area (Å²) in [6.07, 6.45) is 23.2. The molecule has 3 nitrogen and oxygen atoms in total. The third-order valence-corrected chi connectivity index (χ3v) is 5.04. The third-order valence-electron chi connectivity index (χ3n) is 5.04. The number of rotatable bonds is 17. The molecule has 1 aromatic heterocycles. The van der Waals surface area contributed by atoms with Crippen molar-refractivity contribution in [1.29, 1.82) is 0 Å². The number of hydrogen-bond donors (Lipinski definition) is 0. The lowest BCUT2D eigenvalue weighted by atomic mass is 10.0. The molecule has 0 saturated heterocycles. The molecule has 160 valence electrons. The van der Waals surface area contributed by atoms with E-state index >= 15 is 0 Å². The van der Waals surface area contributed by atoms with Crippen LogP contribution in [0.1, 0.15) is 103 Å². The molecule has 1 unspecified atom stereocenters. The summed E-state index contributed by atoms with van der Waals surface area (Å²) in [6, 6.07) is 5.88. The molecule has 0 aromatic carbocycles. The molecular formula is C24H40ClNO2. The summed E-state index contributed by atoms with van der Waals surface area (Å²) in [5.74, 6) is -0.356. The number of aromatic nitrogens is 1. The fourth-order valence-corrected chi connectivity index (χ4v) is 3.39. The molecule has 0 N–H and O–H groups in total. The van der Waals surface area contributed by atoms with E-state index in [2.05, 4.69) is 13.5 Å². The van der Waals surface area contributed by atoms with Gasteiger partial charge in [-0.2, -0.15) is 4.57 Å². The molecule has 0 amide bonds. The van der Waals surface area contributed by atoms with E-state index in [-0.39, 0.29) is 24.6 Å². The van der Waals surface area contributed by atoms with E-state index < -0.39 is 0 Å². The second-order valence-electron chi connectivity index (χ2n) is 7.45. The van der Waals surface area contributed by atoms with Crippen LogP contribution in [0.5, 0.6) is 0 Å². The van der Waals surface area contributed by atoms with Gasteiger partial charge in [0.1, 0.15) is 0 Å². The van der Waals surface area contributed by atoms with Gasteiger partial charge < -0.3 is 17.1 Å². The Morgan fingerprint density at radius 3 is 1.79 bits per heavy atom. The Bertz CT molecular complexity index is 493. The van der Waals surface area contributed by atoms with Crippen molar-refractivity contribution in [3.05, 3.63) is 43.2 Å². The minimum atomic E-state index is -0.356. The molecule has 4 heteroatoms. The van der Waals surface area contributed by atoms with Crippen LogP contribution in [0.2, 0.25) is 0 Å². The Morgan fingerprint density at radius 2 is 1.32 bits per heavy atom. The summed E-state index contributed by atoms with van der Waals surface area (Å²) < 4.78 is 7.46. The van der Waals surface area contributed by atoms with Crippen LogP contribution in [0.3, 0.4) is 0 Å². The lowest BCUT2D eigenvalue weighted by molar-refractivity contribution is -0.757. The van der Waals surface area contributed by atoms with Gasteiger partial charge in [-0.3, -0.25) is 0 Å². The quantitative estimate of drug-likeness (QED) is 0.170. The first-order valence-corrected chi connectivity index (χ1v) is 11.1. The molecule has 1 atom stereocenters. The maximum atomic E-state index is 11.6. The number of halogens is 1. The molecule has 0 saturated carbocycles. The SMILES string of the molecule is C=CC(=O)OC(CCCCCCCCCCCCCCC)[n+]1ccccc1.[Cl-]. The second kappa shape index (κ2) is 19.0. The summed E-state index contributed by atoms with van der Waals surface area (Å²) >= 11 is 0. The van der Waals surface area contributed by atoms with Crippen molar-refractivity contribution >= 4 is 5.97 Å². The van der Waals surface area contributed by atoms with Gasteiger partial charge in [0.05, 0.1) is 0 Å². The van der Waals surface area contributed by atoms with Crippen LogP contribution in [0.15, 0.2) is 43.2 Å². The van der Waals surface area contributed by atoms with Crippen molar-refractivity contribution in [3.63, 3.8) is 0 Å². The van der Waals surface area contributed by atoms with Gasteiger partial charge in [-0.25, -0.2) is 4.79 Å². The van der Waals surface area contributed by atoms with Crippen LogP contribution in [0.4, 0.5) is 0 Å². The van der Waals surface area contributed by atoms with Gasteiger partial charge in [-0.15, -0.1) is 0 Å². The van der Waals surface area contributed by atoms with Crippen LogP contribution >= 0.6 is 0 Å². The van der Waals surface area contributed by atoms with E-state index in [1.807, 2.05) is 35.2 Å². The fraction of sp³-hybridized carbons (Fsp3) is 0.667. The summed E-state index contributed by atoms with van der Waals surface area (Å²) in [6.45, 7) is 5.77. The van der Waals surface area contributed by atoms with Crippen molar-refractivity contribution in [1.82, 2.24) is 0 Å². The van der Waals surface area contributed by atoms with Crippen molar-refractivity contribution in [3.8, 4) is 0 Å². The zero-order chi connectivity index (χ0) is 19.6. The summed E-state index contributed by atoms with van der Waals surface area (Å²) in [4.78, 5) is 11.6. The highest BCUT2D eigenvalue weighted by Crippen LogP contribution is 2.16. The number of esters is 1. The predicted molar refractivity (Wildman–Crippen MR) is 112 cm³/mol.